The first-order valence-corrected chi connectivity index (χ1v) is 6.62. The molecule has 0 saturated heterocycles. The maximum absolute atomic E-state index is 12.1. The number of Topliss-reactive ketones (excluding diaryl/α,β-unsaturated/α-hetero) is 1. The molecule has 0 unspecified atom stereocenters. The van der Waals surface area contributed by atoms with E-state index < -0.39 is 0 Å². The monoisotopic (exact) mass is 248 g/mol. The maximum Gasteiger partial charge on any atom is 0.165 e. The van der Waals surface area contributed by atoms with E-state index in [1.807, 2.05) is 44.2 Å². The largest absolute Gasteiger partial charge is 0.294 e. The Bertz CT molecular complexity index is 769. The zero-order valence-corrected chi connectivity index (χ0v) is 11.2. The summed E-state index contributed by atoms with van der Waals surface area (Å²) in [5.74, 6) is 0.243. The van der Waals surface area contributed by atoms with Crippen molar-refractivity contribution in [2.45, 2.75) is 13.8 Å². The van der Waals surface area contributed by atoms with E-state index >= 15 is 0 Å². The van der Waals surface area contributed by atoms with Gasteiger partial charge in [-0.25, -0.2) is 0 Å². The standard InChI is InChI=1S/C18H16O/c1-12(2)18(19)16-8-7-15-9-13-5-3-4-6-14(13)10-17(15)11-16/h3-12H,1-2H3. The van der Waals surface area contributed by atoms with Gasteiger partial charge in [0.1, 0.15) is 0 Å². The lowest BCUT2D eigenvalue weighted by Crippen LogP contribution is -2.06. The summed E-state index contributed by atoms with van der Waals surface area (Å²) < 4.78 is 0. The Hall–Kier alpha value is -2.15. The minimum absolute atomic E-state index is 0.0397. The third-order valence-corrected chi connectivity index (χ3v) is 3.51. The van der Waals surface area contributed by atoms with Gasteiger partial charge in [0.05, 0.1) is 0 Å². The fourth-order valence-electron chi connectivity index (χ4n) is 2.43. The highest BCUT2D eigenvalue weighted by Crippen LogP contribution is 2.24. The zero-order chi connectivity index (χ0) is 13.4. The number of fused-ring (bicyclic) bond motifs is 2. The predicted octanol–water partition coefficient (Wildman–Crippen LogP) is 4.83. The van der Waals surface area contributed by atoms with Crippen LogP contribution in [0, 0.1) is 5.92 Å². The summed E-state index contributed by atoms with van der Waals surface area (Å²) in [7, 11) is 0. The van der Waals surface area contributed by atoms with E-state index in [-0.39, 0.29) is 11.7 Å². The van der Waals surface area contributed by atoms with Crippen LogP contribution in [0.4, 0.5) is 0 Å². The molecule has 0 fully saturated rings. The van der Waals surface area contributed by atoms with Crippen molar-refractivity contribution in [1.82, 2.24) is 0 Å². The molecule has 0 aliphatic rings. The lowest BCUT2D eigenvalue weighted by atomic mass is 9.97. The second-order valence-electron chi connectivity index (χ2n) is 5.28. The SMILES string of the molecule is CC(C)C(=O)c1ccc2cc3ccccc3cc2c1. The Kier molecular flexibility index (Phi) is 2.83. The summed E-state index contributed by atoms with van der Waals surface area (Å²) in [6.45, 7) is 3.87. The van der Waals surface area contributed by atoms with Crippen LogP contribution in [0.2, 0.25) is 0 Å². The van der Waals surface area contributed by atoms with Crippen LogP contribution in [0.3, 0.4) is 0 Å². The van der Waals surface area contributed by atoms with E-state index in [1.165, 1.54) is 16.2 Å². The Labute approximate surface area is 112 Å². The van der Waals surface area contributed by atoms with Crippen LogP contribution in [-0.2, 0) is 0 Å². The fraction of sp³-hybridized carbons (Fsp3) is 0.167. The molecule has 0 aliphatic carbocycles. The maximum atomic E-state index is 12.1. The molecule has 94 valence electrons. The van der Waals surface area contributed by atoms with Crippen LogP contribution >= 0.6 is 0 Å². The summed E-state index contributed by atoms with van der Waals surface area (Å²) in [6, 6.07) is 18.6. The molecule has 3 rings (SSSR count). The van der Waals surface area contributed by atoms with Crippen molar-refractivity contribution < 1.29 is 4.79 Å². The van der Waals surface area contributed by atoms with E-state index in [9.17, 15) is 4.79 Å². The van der Waals surface area contributed by atoms with Crippen molar-refractivity contribution in [1.29, 1.82) is 0 Å². The van der Waals surface area contributed by atoms with E-state index in [4.69, 9.17) is 0 Å². The molecule has 0 heterocycles. The van der Waals surface area contributed by atoms with E-state index in [0.29, 0.717) is 0 Å². The van der Waals surface area contributed by atoms with Crippen LogP contribution in [0.25, 0.3) is 21.5 Å². The molecule has 0 aliphatic heterocycles. The van der Waals surface area contributed by atoms with Gasteiger partial charge in [-0.15, -0.1) is 0 Å². The molecule has 3 aromatic rings. The van der Waals surface area contributed by atoms with Crippen molar-refractivity contribution >= 4 is 27.3 Å². The molecule has 0 radical (unpaired) electrons. The van der Waals surface area contributed by atoms with Gasteiger partial charge in [-0.3, -0.25) is 4.79 Å². The first-order valence-electron chi connectivity index (χ1n) is 6.62. The van der Waals surface area contributed by atoms with Crippen LogP contribution < -0.4 is 0 Å². The number of carbonyl (C=O) groups is 1. The van der Waals surface area contributed by atoms with E-state index in [2.05, 4.69) is 24.3 Å². The summed E-state index contributed by atoms with van der Waals surface area (Å²) in [6.07, 6.45) is 0. The number of ketones is 1. The molecule has 1 nitrogen and oxygen atoms in total. The van der Waals surface area contributed by atoms with Crippen LogP contribution in [0.1, 0.15) is 24.2 Å². The number of hydrogen-bond donors (Lipinski definition) is 0. The quantitative estimate of drug-likeness (QED) is 0.469. The van der Waals surface area contributed by atoms with Crippen molar-refractivity contribution in [2.24, 2.45) is 5.92 Å². The van der Waals surface area contributed by atoms with E-state index in [1.54, 1.807) is 0 Å². The summed E-state index contributed by atoms with van der Waals surface area (Å²) in [5, 5.41) is 4.76. The smallest absolute Gasteiger partial charge is 0.165 e. The Morgan fingerprint density at radius 3 is 2.00 bits per heavy atom. The first-order chi connectivity index (χ1) is 9.15. The van der Waals surface area contributed by atoms with Gasteiger partial charge in [0.2, 0.25) is 0 Å². The van der Waals surface area contributed by atoms with Gasteiger partial charge in [0.25, 0.3) is 0 Å². The van der Waals surface area contributed by atoms with Gasteiger partial charge in [0.15, 0.2) is 5.78 Å². The number of rotatable bonds is 2. The zero-order valence-electron chi connectivity index (χ0n) is 11.2. The van der Waals surface area contributed by atoms with Crippen molar-refractivity contribution in [3.8, 4) is 0 Å². The summed E-state index contributed by atoms with van der Waals surface area (Å²) >= 11 is 0. The van der Waals surface area contributed by atoms with Gasteiger partial charge in [-0.05, 0) is 39.7 Å². The number of hydrogen-bond acceptors (Lipinski definition) is 1. The van der Waals surface area contributed by atoms with Crippen molar-refractivity contribution in [3.05, 3.63) is 60.2 Å². The molecular weight excluding hydrogens is 232 g/mol. The second-order valence-corrected chi connectivity index (χ2v) is 5.28. The average Bonchev–Trinajstić information content (AvgIpc) is 2.43. The first kappa shape index (κ1) is 11.9. The van der Waals surface area contributed by atoms with Gasteiger partial charge < -0.3 is 0 Å². The van der Waals surface area contributed by atoms with Crippen LogP contribution in [0.15, 0.2) is 54.6 Å². The topological polar surface area (TPSA) is 17.1 Å². The predicted molar refractivity (Wildman–Crippen MR) is 80.6 cm³/mol. The number of carbonyl (C=O) groups excluding carboxylic acids is 1. The van der Waals surface area contributed by atoms with Crippen LogP contribution in [-0.4, -0.2) is 5.78 Å². The highest BCUT2D eigenvalue weighted by atomic mass is 16.1. The minimum atomic E-state index is 0.0397. The summed E-state index contributed by atoms with van der Waals surface area (Å²) in [5.41, 5.74) is 0.804. The molecule has 19 heavy (non-hydrogen) atoms. The lowest BCUT2D eigenvalue weighted by molar-refractivity contribution is 0.0939. The third kappa shape index (κ3) is 2.12. The third-order valence-electron chi connectivity index (χ3n) is 3.51. The molecule has 0 bridgehead atoms. The molecule has 1 heteroatoms. The second kappa shape index (κ2) is 4.51. The van der Waals surface area contributed by atoms with Crippen LogP contribution in [0.5, 0.6) is 0 Å². The Morgan fingerprint density at radius 2 is 1.37 bits per heavy atom. The van der Waals surface area contributed by atoms with Gasteiger partial charge in [-0.1, -0.05) is 50.2 Å². The Balaban J connectivity index is 2.22. The highest BCUT2D eigenvalue weighted by Gasteiger charge is 2.10. The molecular formula is C18H16O. The fourth-order valence-corrected chi connectivity index (χ4v) is 2.43. The lowest BCUT2D eigenvalue weighted by Gasteiger charge is -2.07. The molecule has 0 saturated carbocycles. The average molecular weight is 248 g/mol. The normalized spacial score (nSPS) is 11.3. The summed E-state index contributed by atoms with van der Waals surface area (Å²) in [4.78, 5) is 12.1. The molecule has 0 atom stereocenters. The van der Waals surface area contributed by atoms with Gasteiger partial charge in [-0.2, -0.15) is 0 Å². The van der Waals surface area contributed by atoms with E-state index in [0.717, 1.165) is 10.9 Å². The van der Waals surface area contributed by atoms with Crippen molar-refractivity contribution in [3.63, 3.8) is 0 Å². The Morgan fingerprint density at radius 1 is 0.789 bits per heavy atom. The molecule has 0 N–H and O–H groups in total. The minimum Gasteiger partial charge on any atom is -0.294 e. The molecule has 0 aromatic heterocycles. The van der Waals surface area contributed by atoms with Gasteiger partial charge >= 0.3 is 0 Å². The highest BCUT2D eigenvalue weighted by molar-refractivity contribution is 6.04. The van der Waals surface area contributed by atoms with Crippen molar-refractivity contribution in [2.75, 3.05) is 0 Å². The van der Waals surface area contributed by atoms with Gasteiger partial charge in [0, 0.05) is 11.5 Å². The molecule has 0 amide bonds. The number of benzene rings is 3. The molecule has 0 spiro atoms. The molecule has 3 aromatic carbocycles.